The Hall–Kier alpha value is -4.36. The number of fused-ring (bicyclic) bond motifs is 1. The standard InChI is InChI=1S/C32H37N5O5/c1-32(2,3)42-31(40)37-16-14-36(15-17-37)30(39)24-8-9-27-25(18-24)19-28(41-27)29(38)34-26-10-12-35(13-11-26)21-23-6-4-22(20-33)5-7-23/h4-9,18-19,26H,10-17,21H2,1-3H3,(H,34,38). The number of amides is 3. The smallest absolute Gasteiger partial charge is 0.410 e. The molecule has 5 rings (SSSR count). The Morgan fingerprint density at radius 3 is 2.26 bits per heavy atom. The van der Waals surface area contributed by atoms with Gasteiger partial charge in [-0.1, -0.05) is 12.1 Å². The fourth-order valence-electron chi connectivity index (χ4n) is 5.32. The van der Waals surface area contributed by atoms with Gasteiger partial charge in [0.2, 0.25) is 0 Å². The molecular weight excluding hydrogens is 534 g/mol. The minimum atomic E-state index is -0.564. The number of likely N-dealkylation sites (tertiary alicyclic amines) is 1. The molecule has 220 valence electrons. The number of nitrogens with one attached hydrogen (secondary N) is 1. The molecule has 42 heavy (non-hydrogen) atoms. The molecule has 0 radical (unpaired) electrons. The van der Waals surface area contributed by atoms with E-state index in [1.807, 2.05) is 45.0 Å². The first-order chi connectivity index (χ1) is 20.1. The molecule has 10 nitrogen and oxygen atoms in total. The first kappa shape index (κ1) is 29.1. The van der Waals surface area contributed by atoms with Gasteiger partial charge in [-0.05, 0) is 75.6 Å². The summed E-state index contributed by atoms with van der Waals surface area (Å²) in [6.45, 7) is 9.69. The third-order valence-electron chi connectivity index (χ3n) is 7.62. The topological polar surface area (TPSA) is 119 Å². The number of piperidine rings is 1. The van der Waals surface area contributed by atoms with E-state index in [0.717, 1.165) is 32.5 Å². The van der Waals surface area contributed by atoms with Crippen LogP contribution in [0.4, 0.5) is 4.79 Å². The highest BCUT2D eigenvalue weighted by Gasteiger charge is 2.28. The van der Waals surface area contributed by atoms with Crippen molar-refractivity contribution in [2.45, 2.75) is 51.8 Å². The Labute approximate surface area is 245 Å². The summed E-state index contributed by atoms with van der Waals surface area (Å²) >= 11 is 0. The molecule has 3 heterocycles. The van der Waals surface area contributed by atoms with Crippen LogP contribution in [0.5, 0.6) is 0 Å². The largest absolute Gasteiger partial charge is 0.451 e. The molecule has 3 amide bonds. The molecule has 2 aromatic carbocycles. The Kier molecular flexibility index (Phi) is 8.50. The first-order valence-electron chi connectivity index (χ1n) is 14.4. The minimum absolute atomic E-state index is 0.0550. The van der Waals surface area contributed by atoms with Crippen LogP contribution < -0.4 is 5.32 Å². The summed E-state index contributed by atoms with van der Waals surface area (Å²) in [5, 5.41) is 12.8. The summed E-state index contributed by atoms with van der Waals surface area (Å²) in [6, 6.07) is 16.7. The van der Waals surface area contributed by atoms with Gasteiger partial charge in [0.05, 0.1) is 11.6 Å². The molecule has 0 spiro atoms. The summed E-state index contributed by atoms with van der Waals surface area (Å²) in [4.78, 5) is 44.2. The number of carbonyl (C=O) groups is 3. The van der Waals surface area contributed by atoms with Crippen molar-refractivity contribution >= 4 is 28.9 Å². The van der Waals surface area contributed by atoms with Crippen molar-refractivity contribution in [3.05, 3.63) is 71.0 Å². The maximum Gasteiger partial charge on any atom is 0.410 e. The Bertz CT molecular complexity index is 1480. The second-order valence-electron chi connectivity index (χ2n) is 12.0. The quantitative estimate of drug-likeness (QED) is 0.482. The zero-order valence-electron chi connectivity index (χ0n) is 24.4. The maximum atomic E-state index is 13.2. The van der Waals surface area contributed by atoms with Crippen molar-refractivity contribution in [2.24, 2.45) is 0 Å². The van der Waals surface area contributed by atoms with E-state index in [2.05, 4.69) is 16.3 Å². The number of piperazine rings is 1. The molecule has 0 saturated carbocycles. The van der Waals surface area contributed by atoms with E-state index < -0.39 is 5.60 Å². The number of hydrogen-bond acceptors (Lipinski definition) is 7. The molecule has 10 heteroatoms. The highest BCUT2D eigenvalue weighted by Crippen LogP contribution is 2.23. The van der Waals surface area contributed by atoms with E-state index in [-0.39, 0.29) is 29.7 Å². The van der Waals surface area contributed by atoms with Crippen LogP contribution in [0.3, 0.4) is 0 Å². The fourth-order valence-corrected chi connectivity index (χ4v) is 5.32. The van der Waals surface area contributed by atoms with E-state index in [9.17, 15) is 14.4 Å². The molecule has 2 aliphatic heterocycles. The van der Waals surface area contributed by atoms with Gasteiger partial charge in [-0.3, -0.25) is 14.5 Å². The normalized spacial score (nSPS) is 16.7. The lowest BCUT2D eigenvalue weighted by Crippen LogP contribution is -2.51. The van der Waals surface area contributed by atoms with Gasteiger partial charge < -0.3 is 24.3 Å². The molecule has 0 atom stereocenters. The van der Waals surface area contributed by atoms with Crippen molar-refractivity contribution in [1.29, 1.82) is 5.26 Å². The van der Waals surface area contributed by atoms with Gasteiger partial charge in [0.1, 0.15) is 11.2 Å². The lowest BCUT2D eigenvalue weighted by Gasteiger charge is -2.35. The van der Waals surface area contributed by atoms with Gasteiger partial charge in [0.15, 0.2) is 5.76 Å². The van der Waals surface area contributed by atoms with Gasteiger partial charge >= 0.3 is 6.09 Å². The third-order valence-corrected chi connectivity index (χ3v) is 7.62. The summed E-state index contributed by atoms with van der Waals surface area (Å²) in [7, 11) is 0. The van der Waals surface area contributed by atoms with Crippen molar-refractivity contribution in [1.82, 2.24) is 20.0 Å². The Morgan fingerprint density at radius 1 is 0.952 bits per heavy atom. The van der Waals surface area contributed by atoms with Crippen molar-refractivity contribution < 1.29 is 23.5 Å². The van der Waals surface area contributed by atoms with Crippen LogP contribution >= 0.6 is 0 Å². The SMILES string of the molecule is CC(C)(C)OC(=O)N1CCN(C(=O)c2ccc3oc(C(=O)NC4CCN(Cc5ccc(C#N)cc5)CC4)cc3c2)CC1. The van der Waals surface area contributed by atoms with Gasteiger partial charge in [-0.25, -0.2) is 4.79 Å². The van der Waals surface area contributed by atoms with E-state index in [4.69, 9.17) is 14.4 Å². The molecule has 2 fully saturated rings. The lowest BCUT2D eigenvalue weighted by atomic mass is 10.0. The first-order valence-corrected chi connectivity index (χ1v) is 14.4. The summed E-state index contributed by atoms with van der Waals surface area (Å²) in [5.74, 6) is -0.163. The van der Waals surface area contributed by atoms with Gasteiger partial charge in [-0.2, -0.15) is 5.26 Å². The fraction of sp³-hybridized carbons (Fsp3) is 0.438. The molecule has 0 bridgehead atoms. The lowest BCUT2D eigenvalue weighted by molar-refractivity contribution is 0.0141. The van der Waals surface area contributed by atoms with Crippen LogP contribution in [0.15, 0.2) is 52.9 Å². The summed E-state index contributed by atoms with van der Waals surface area (Å²) in [6.07, 6.45) is 1.30. The van der Waals surface area contributed by atoms with Crippen LogP contribution in [0.2, 0.25) is 0 Å². The second kappa shape index (κ2) is 12.2. The third kappa shape index (κ3) is 7.09. The highest BCUT2D eigenvalue weighted by atomic mass is 16.6. The van der Waals surface area contributed by atoms with Gasteiger partial charge in [0.25, 0.3) is 11.8 Å². The summed E-state index contributed by atoms with van der Waals surface area (Å²) < 4.78 is 11.3. The second-order valence-corrected chi connectivity index (χ2v) is 12.0. The number of carbonyl (C=O) groups excluding carboxylic acids is 3. The maximum absolute atomic E-state index is 13.2. The predicted octanol–water partition coefficient (Wildman–Crippen LogP) is 4.39. The van der Waals surface area contributed by atoms with Gasteiger partial charge in [0, 0.05) is 62.8 Å². The molecule has 1 aromatic heterocycles. The van der Waals surface area contributed by atoms with Crippen molar-refractivity contribution in [3.8, 4) is 6.07 Å². The van der Waals surface area contributed by atoms with Crippen LogP contribution in [-0.2, 0) is 11.3 Å². The monoisotopic (exact) mass is 571 g/mol. The number of benzene rings is 2. The molecule has 2 aliphatic rings. The van der Waals surface area contributed by atoms with Crippen molar-refractivity contribution in [3.63, 3.8) is 0 Å². The van der Waals surface area contributed by atoms with Crippen molar-refractivity contribution in [2.75, 3.05) is 39.3 Å². The number of nitriles is 1. The highest BCUT2D eigenvalue weighted by molar-refractivity contribution is 6.00. The number of rotatable bonds is 5. The van der Waals surface area contributed by atoms with Crippen LogP contribution in [0.25, 0.3) is 11.0 Å². The van der Waals surface area contributed by atoms with E-state index in [1.165, 1.54) is 5.56 Å². The minimum Gasteiger partial charge on any atom is -0.451 e. The molecule has 2 saturated heterocycles. The predicted molar refractivity (Wildman–Crippen MR) is 157 cm³/mol. The number of furan rings is 1. The molecule has 0 aliphatic carbocycles. The summed E-state index contributed by atoms with van der Waals surface area (Å²) in [5.41, 5.74) is 2.31. The zero-order chi connectivity index (χ0) is 29.9. The molecule has 0 unspecified atom stereocenters. The van der Waals surface area contributed by atoms with E-state index >= 15 is 0 Å². The number of hydrogen-bond donors (Lipinski definition) is 1. The Balaban J connectivity index is 1.12. The van der Waals surface area contributed by atoms with Crippen LogP contribution in [0.1, 0.15) is 65.7 Å². The van der Waals surface area contributed by atoms with E-state index in [0.29, 0.717) is 48.3 Å². The average molecular weight is 572 g/mol. The Morgan fingerprint density at radius 2 is 1.62 bits per heavy atom. The van der Waals surface area contributed by atoms with Crippen LogP contribution in [0, 0.1) is 11.3 Å². The van der Waals surface area contributed by atoms with E-state index in [1.54, 1.807) is 34.1 Å². The van der Waals surface area contributed by atoms with Gasteiger partial charge in [-0.15, -0.1) is 0 Å². The van der Waals surface area contributed by atoms with Crippen LogP contribution in [-0.4, -0.2) is 83.5 Å². The zero-order valence-corrected chi connectivity index (χ0v) is 24.4. The molecule has 3 aromatic rings. The molecule has 1 N–H and O–H groups in total. The number of nitrogens with zero attached hydrogens (tertiary/aromatic N) is 4. The average Bonchev–Trinajstić information content (AvgIpc) is 3.41. The molecular formula is C32H37N5O5. The number of ether oxygens (including phenoxy) is 1.